The van der Waals surface area contributed by atoms with Crippen molar-refractivity contribution >= 4 is 17.7 Å². The highest BCUT2D eigenvalue weighted by Crippen LogP contribution is 2.27. The second kappa shape index (κ2) is 10.7. The van der Waals surface area contributed by atoms with Gasteiger partial charge in [0.2, 0.25) is 0 Å². The summed E-state index contributed by atoms with van der Waals surface area (Å²) in [6, 6.07) is 16.2. The van der Waals surface area contributed by atoms with Crippen LogP contribution in [-0.4, -0.2) is 18.7 Å². The molecule has 0 saturated carbocycles. The van der Waals surface area contributed by atoms with E-state index in [0.29, 0.717) is 5.56 Å². The highest BCUT2D eigenvalue weighted by molar-refractivity contribution is 7.98. The molecular formula is C23H27NOS. The Morgan fingerprint density at radius 1 is 1.15 bits per heavy atom. The van der Waals surface area contributed by atoms with Gasteiger partial charge in [-0.1, -0.05) is 67.1 Å². The van der Waals surface area contributed by atoms with Crippen LogP contribution in [0.25, 0.3) is 11.1 Å². The van der Waals surface area contributed by atoms with Gasteiger partial charge in [-0.25, -0.2) is 0 Å². The highest BCUT2D eigenvalue weighted by Gasteiger charge is 2.12. The van der Waals surface area contributed by atoms with Crippen LogP contribution in [0.4, 0.5) is 0 Å². The van der Waals surface area contributed by atoms with E-state index in [0.717, 1.165) is 29.1 Å². The predicted molar refractivity (Wildman–Crippen MR) is 115 cm³/mol. The van der Waals surface area contributed by atoms with Crippen molar-refractivity contribution in [3.8, 4) is 11.1 Å². The van der Waals surface area contributed by atoms with Crippen molar-refractivity contribution < 1.29 is 4.79 Å². The van der Waals surface area contributed by atoms with E-state index in [1.54, 1.807) is 7.05 Å². The van der Waals surface area contributed by atoms with Crippen LogP contribution in [0.15, 0.2) is 72.3 Å². The summed E-state index contributed by atoms with van der Waals surface area (Å²) < 4.78 is 0. The van der Waals surface area contributed by atoms with Crippen LogP contribution < -0.4 is 5.32 Å². The number of thioether (sulfide) groups is 1. The molecule has 0 saturated heterocycles. The minimum atomic E-state index is -0.0513. The summed E-state index contributed by atoms with van der Waals surface area (Å²) >= 11 is 1.89. The van der Waals surface area contributed by atoms with Crippen molar-refractivity contribution in [3.63, 3.8) is 0 Å². The Bertz CT molecular complexity index is 778. The molecule has 0 fully saturated rings. The van der Waals surface area contributed by atoms with E-state index in [-0.39, 0.29) is 5.91 Å². The summed E-state index contributed by atoms with van der Waals surface area (Å²) in [6.07, 6.45) is 7.54. The van der Waals surface area contributed by atoms with Gasteiger partial charge in [0.05, 0.1) is 0 Å². The molecule has 0 aliphatic carbocycles. The fourth-order valence-electron chi connectivity index (χ4n) is 2.62. The van der Waals surface area contributed by atoms with Gasteiger partial charge in [0.25, 0.3) is 5.91 Å². The van der Waals surface area contributed by atoms with Gasteiger partial charge >= 0.3 is 0 Å². The molecule has 26 heavy (non-hydrogen) atoms. The third-order valence-electron chi connectivity index (χ3n) is 3.99. The fourth-order valence-corrected chi connectivity index (χ4v) is 3.55. The molecular weight excluding hydrogens is 338 g/mol. The Balaban J connectivity index is 2.14. The zero-order valence-corrected chi connectivity index (χ0v) is 16.6. The highest BCUT2D eigenvalue weighted by atomic mass is 32.2. The molecule has 0 unspecified atom stereocenters. The van der Waals surface area contributed by atoms with Crippen LogP contribution in [0.2, 0.25) is 0 Å². The summed E-state index contributed by atoms with van der Waals surface area (Å²) in [5.74, 6) is 1.88. The first kappa shape index (κ1) is 20.1. The largest absolute Gasteiger partial charge is 0.355 e. The van der Waals surface area contributed by atoms with E-state index in [1.165, 1.54) is 11.1 Å². The zero-order chi connectivity index (χ0) is 18.8. The third kappa shape index (κ3) is 5.92. The lowest BCUT2D eigenvalue weighted by atomic mass is 9.97. The summed E-state index contributed by atoms with van der Waals surface area (Å²) in [6.45, 7) is 4.30. The van der Waals surface area contributed by atoms with Gasteiger partial charge in [0.15, 0.2) is 0 Å². The van der Waals surface area contributed by atoms with E-state index >= 15 is 0 Å². The topological polar surface area (TPSA) is 29.1 Å². The van der Waals surface area contributed by atoms with Gasteiger partial charge in [0.1, 0.15) is 0 Å². The van der Waals surface area contributed by atoms with Gasteiger partial charge in [-0.05, 0) is 42.2 Å². The molecule has 3 heteroatoms. The predicted octanol–water partition coefficient (Wildman–Crippen LogP) is 5.86. The molecule has 0 bridgehead atoms. The summed E-state index contributed by atoms with van der Waals surface area (Å²) in [4.78, 5) is 12.2. The molecule has 0 aliphatic heterocycles. The zero-order valence-electron chi connectivity index (χ0n) is 15.8. The molecule has 136 valence electrons. The maximum atomic E-state index is 12.2. The molecule has 0 atom stereocenters. The molecule has 0 heterocycles. The molecule has 2 rings (SSSR count). The lowest BCUT2D eigenvalue weighted by Gasteiger charge is -2.11. The van der Waals surface area contributed by atoms with Gasteiger partial charge in [-0.15, -0.1) is 0 Å². The van der Waals surface area contributed by atoms with Crippen molar-refractivity contribution in [2.45, 2.75) is 26.0 Å². The smallest absolute Gasteiger partial charge is 0.251 e. The first-order valence-corrected chi connectivity index (χ1v) is 10.1. The number of rotatable bonds is 8. The Kier molecular flexibility index (Phi) is 8.23. The van der Waals surface area contributed by atoms with Crippen LogP contribution in [0.1, 0.15) is 36.2 Å². The van der Waals surface area contributed by atoms with Crippen LogP contribution in [0, 0.1) is 0 Å². The second-order valence-electron chi connectivity index (χ2n) is 6.17. The second-order valence-corrected chi connectivity index (χ2v) is 7.15. The molecule has 0 radical (unpaired) electrons. The number of carbonyl (C=O) groups excluding carboxylic acids is 1. The van der Waals surface area contributed by atoms with Gasteiger partial charge < -0.3 is 5.32 Å². The third-order valence-corrected chi connectivity index (χ3v) is 5.19. The van der Waals surface area contributed by atoms with E-state index in [2.05, 4.69) is 49.5 Å². The monoisotopic (exact) mass is 365 g/mol. The van der Waals surface area contributed by atoms with E-state index in [9.17, 15) is 4.79 Å². The average Bonchev–Trinajstić information content (AvgIpc) is 2.68. The van der Waals surface area contributed by atoms with Crippen molar-refractivity contribution in [3.05, 3.63) is 83.5 Å². The molecule has 1 N–H and O–H groups in total. The molecule has 1 amide bonds. The molecule has 2 aromatic rings. The van der Waals surface area contributed by atoms with E-state index < -0.39 is 0 Å². The van der Waals surface area contributed by atoms with Crippen LogP contribution in [0.3, 0.4) is 0 Å². The number of hydrogen-bond donors (Lipinski definition) is 1. The van der Waals surface area contributed by atoms with Crippen molar-refractivity contribution in [2.75, 3.05) is 12.8 Å². The summed E-state index contributed by atoms with van der Waals surface area (Å²) in [7, 11) is 1.67. The Morgan fingerprint density at radius 2 is 1.92 bits per heavy atom. The first-order valence-electron chi connectivity index (χ1n) is 8.96. The maximum Gasteiger partial charge on any atom is 0.251 e. The maximum absolute atomic E-state index is 12.2. The molecule has 0 spiro atoms. The Labute approximate surface area is 161 Å². The molecule has 0 aliphatic rings. The normalized spacial score (nSPS) is 11.7. The molecule has 2 aromatic carbocycles. The number of carbonyl (C=O) groups is 1. The van der Waals surface area contributed by atoms with E-state index in [4.69, 9.17) is 0 Å². The van der Waals surface area contributed by atoms with Crippen molar-refractivity contribution in [1.29, 1.82) is 0 Å². The Hall–Kier alpha value is -2.26. The Morgan fingerprint density at radius 3 is 2.62 bits per heavy atom. The average molecular weight is 366 g/mol. The number of amides is 1. The minimum absolute atomic E-state index is 0.0513. The van der Waals surface area contributed by atoms with Crippen molar-refractivity contribution in [1.82, 2.24) is 5.32 Å². The van der Waals surface area contributed by atoms with Crippen LogP contribution in [0.5, 0.6) is 0 Å². The lowest BCUT2D eigenvalue weighted by molar-refractivity contribution is 0.0963. The number of nitrogens with one attached hydrogen (secondary N) is 1. The van der Waals surface area contributed by atoms with Crippen molar-refractivity contribution in [2.24, 2.45) is 0 Å². The van der Waals surface area contributed by atoms with Gasteiger partial charge in [0, 0.05) is 24.1 Å². The standard InChI is InChI=1S/C23H27NOS/c1-4-5-7-10-18(2)16-26-17-19-13-14-21(23(25)24-3)22(15-19)20-11-8-6-9-12-20/h5-15H,4,16-17H2,1-3H3,(H,24,25)/b7-5-,18-10+. The minimum Gasteiger partial charge on any atom is -0.355 e. The SMILES string of the molecule is CC/C=C\C=C(/C)CSCc1ccc(C(=O)NC)c(-c2ccccc2)c1. The van der Waals surface area contributed by atoms with Crippen LogP contribution in [-0.2, 0) is 5.75 Å². The molecule has 2 nitrogen and oxygen atoms in total. The number of hydrogen-bond acceptors (Lipinski definition) is 2. The lowest BCUT2D eigenvalue weighted by Crippen LogP contribution is -2.18. The van der Waals surface area contributed by atoms with E-state index in [1.807, 2.05) is 48.2 Å². The first-order chi connectivity index (χ1) is 12.7. The quantitative estimate of drug-likeness (QED) is 0.594. The van der Waals surface area contributed by atoms with Gasteiger partial charge in [-0.2, -0.15) is 11.8 Å². The van der Waals surface area contributed by atoms with Crippen LogP contribution >= 0.6 is 11.8 Å². The number of benzene rings is 2. The molecule has 0 aromatic heterocycles. The number of allylic oxidation sites excluding steroid dienone is 3. The summed E-state index contributed by atoms with van der Waals surface area (Å²) in [5.41, 5.74) is 5.37. The fraction of sp³-hybridized carbons (Fsp3) is 0.261. The van der Waals surface area contributed by atoms with Gasteiger partial charge in [-0.3, -0.25) is 4.79 Å². The summed E-state index contributed by atoms with van der Waals surface area (Å²) in [5, 5.41) is 2.74.